The fraction of sp³-hybridized carbons (Fsp3) is 0.267. The number of hydrogen-bond donors (Lipinski definition) is 1. The summed E-state index contributed by atoms with van der Waals surface area (Å²) in [5.41, 5.74) is -0.997. The van der Waals surface area contributed by atoms with Gasteiger partial charge >= 0.3 is 6.18 Å². The van der Waals surface area contributed by atoms with E-state index in [9.17, 15) is 22.8 Å². The molecule has 1 heterocycles. The van der Waals surface area contributed by atoms with Crippen LogP contribution in [0.15, 0.2) is 35.4 Å². The smallest absolute Gasteiger partial charge is 0.416 e. The number of nitrogens with one attached hydrogen (secondary N) is 1. The molecule has 9 heteroatoms. The van der Waals surface area contributed by atoms with Crippen molar-refractivity contribution in [2.45, 2.75) is 19.6 Å². The Hall–Kier alpha value is -2.84. The number of halogens is 3. The fourth-order valence-corrected chi connectivity index (χ4v) is 1.96. The van der Waals surface area contributed by atoms with E-state index >= 15 is 0 Å². The van der Waals surface area contributed by atoms with Gasteiger partial charge in [-0.3, -0.25) is 14.2 Å². The number of benzene rings is 1. The maximum atomic E-state index is 12.8. The summed E-state index contributed by atoms with van der Waals surface area (Å²) in [5.74, 6) is -0.605. The van der Waals surface area contributed by atoms with Crippen LogP contribution in [0.2, 0.25) is 0 Å². The standard InChI is InChI=1S/C15H14F3N3O3/c1-9-5-14(23)21(8-19-9)7-13(22)20-11-6-10(15(16,17)18)3-4-12(11)24-2/h3-6,8H,7H2,1-2H3,(H,20,22). The van der Waals surface area contributed by atoms with Crippen LogP contribution in [0.25, 0.3) is 0 Å². The minimum atomic E-state index is -4.55. The van der Waals surface area contributed by atoms with Gasteiger partial charge in [-0.15, -0.1) is 0 Å². The molecule has 0 bridgehead atoms. The van der Waals surface area contributed by atoms with Crippen LogP contribution in [0.3, 0.4) is 0 Å². The van der Waals surface area contributed by atoms with Gasteiger partial charge in [0.05, 0.1) is 24.7 Å². The SMILES string of the molecule is COc1ccc(C(F)(F)F)cc1NC(=O)Cn1cnc(C)cc1=O. The van der Waals surface area contributed by atoms with Crippen LogP contribution in [0.1, 0.15) is 11.3 Å². The van der Waals surface area contributed by atoms with Gasteiger partial charge in [0.25, 0.3) is 5.56 Å². The lowest BCUT2D eigenvalue weighted by atomic mass is 10.1. The summed E-state index contributed by atoms with van der Waals surface area (Å²) in [4.78, 5) is 27.6. The molecule has 24 heavy (non-hydrogen) atoms. The van der Waals surface area contributed by atoms with Gasteiger partial charge in [0.15, 0.2) is 0 Å². The van der Waals surface area contributed by atoms with E-state index in [1.165, 1.54) is 19.5 Å². The number of alkyl halides is 3. The van der Waals surface area contributed by atoms with Crippen LogP contribution in [0, 0.1) is 6.92 Å². The second kappa shape index (κ2) is 6.73. The van der Waals surface area contributed by atoms with Gasteiger partial charge in [-0.2, -0.15) is 13.2 Å². The zero-order chi connectivity index (χ0) is 17.9. The average molecular weight is 341 g/mol. The summed E-state index contributed by atoms with van der Waals surface area (Å²) in [5, 5.41) is 2.31. The maximum Gasteiger partial charge on any atom is 0.416 e. The molecule has 1 N–H and O–H groups in total. The van der Waals surface area contributed by atoms with Crippen molar-refractivity contribution in [2.24, 2.45) is 0 Å². The van der Waals surface area contributed by atoms with Gasteiger partial charge < -0.3 is 10.1 Å². The summed E-state index contributed by atoms with van der Waals surface area (Å²) in [6, 6.07) is 3.98. The van der Waals surface area contributed by atoms with Crippen molar-refractivity contribution < 1.29 is 22.7 Å². The molecular weight excluding hydrogens is 327 g/mol. The summed E-state index contributed by atoms with van der Waals surface area (Å²) in [6.07, 6.45) is -3.36. The van der Waals surface area contributed by atoms with Crippen LogP contribution < -0.4 is 15.6 Å². The van der Waals surface area contributed by atoms with E-state index in [2.05, 4.69) is 10.3 Å². The predicted molar refractivity (Wildman–Crippen MR) is 79.9 cm³/mol. The topological polar surface area (TPSA) is 73.2 Å². The second-order valence-electron chi connectivity index (χ2n) is 4.96. The highest BCUT2D eigenvalue weighted by atomic mass is 19.4. The molecule has 0 aliphatic rings. The molecule has 0 aliphatic carbocycles. The minimum absolute atomic E-state index is 0.0747. The molecular formula is C15H14F3N3O3. The molecule has 0 radical (unpaired) electrons. The van der Waals surface area contributed by atoms with Crippen molar-refractivity contribution in [2.75, 3.05) is 12.4 Å². The molecule has 1 amide bonds. The van der Waals surface area contributed by atoms with Crippen LogP contribution in [0.5, 0.6) is 5.75 Å². The Morgan fingerprint density at radius 2 is 2.04 bits per heavy atom. The Morgan fingerprint density at radius 1 is 1.33 bits per heavy atom. The Balaban J connectivity index is 2.23. The van der Waals surface area contributed by atoms with Crippen molar-refractivity contribution in [3.63, 3.8) is 0 Å². The second-order valence-corrected chi connectivity index (χ2v) is 4.96. The van der Waals surface area contributed by atoms with E-state index in [1.54, 1.807) is 6.92 Å². The van der Waals surface area contributed by atoms with Crippen molar-refractivity contribution in [1.82, 2.24) is 9.55 Å². The number of aryl methyl sites for hydroxylation is 1. The van der Waals surface area contributed by atoms with Gasteiger partial charge in [0.1, 0.15) is 12.3 Å². The van der Waals surface area contributed by atoms with Gasteiger partial charge in [-0.25, -0.2) is 4.98 Å². The molecule has 0 saturated carbocycles. The van der Waals surface area contributed by atoms with Gasteiger partial charge in [-0.1, -0.05) is 0 Å². The molecule has 0 spiro atoms. The highest BCUT2D eigenvalue weighted by Crippen LogP contribution is 2.34. The van der Waals surface area contributed by atoms with Crippen LogP contribution in [0.4, 0.5) is 18.9 Å². The average Bonchev–Trinajstić information content (AvgIpc) is 2.49. The third-order valence-electron chi connectivity index (χ3n) is 3.13. The first-order valence-electron chi connectivity index (χ1n) is 6.79. The number of anilines is 1. The summed E-state index contributed by atoms with van der Waals surface area (Å²) in [7, 11) is 1.27. The predicted octanol–water partition coefficient (Wildman–Crippen LogP) is 2.22. The number of hydrogen-bond acceptors (Lipinski definition) is 4. The van der Waals surface area contributed by atoms with Gasteiger partial charge in [0, 0.05) is 11.8 Å². The normalized spacial score (nSPS) is 11.2. The molecule has 0 fully saturated rings. The van der Waals surface area contributed by atoms with Crippen molar-refractivity contribution in [1.29, 1.82) is 0 Å². The van der Waals surface area contributed by atoms with Gasteiger partial charge in [-0.05, 0) is 25.1 Å². The fourth-order valence-electron chi connectivity index (χ4n) is 1.96. The highest BCUT2D eigenvalue weighted by molar-refractivity contribution is 5.92. The Labute approximate surface area is 134 Å². The first-order chi connectivity index (χ1) is 11.2. The minimum Gasteiger partial charge on any atom is -0.495 e. The Morgan fingerprint density at radius 3 is 2.62 bits per heavy atom. The lowest BCUT2D eigenvalue weighted by Gasteiger charge is -2.14. The van der Waals surface area contributed by atoms with Crippen LogP contribution in [-0.2, 0) is 17.5 Å². The Kier molecular flexibility index (Phi) is 4.91. The zero-order valence-electron chi connectivity index (χ0n) is 12.8. The molecule has 1 aromatic carbocycles. The molecule has 2 aromatic rings. The van der Waals surface area contributed by atoms with Crippen molar-refractivity contribution in [3.8, 4) is 5.75 Å². The number of aromatic nitrogens is 2. The molecule has 0 saturated heterocycles. The number of amides is 1. The summed E-state index contributed by atoms with van der Waals surface area (Å²) < 4.78 is 44.3. The third kappa shape index (κ3) is 4.12. The number of carbonyl (C=O) groups is 1. The monoisotopic (exact) mass is 341 g/mol. The molecule has 0 aliphatic heterocycles. The Bertz CT molecular complexity index is 816. The number of methoxy groups -OCH3 is 1. The molecule has 6 nitrogen and oxygen atoms in total. The van der Waals surface area contributed by atoms with Gasteiger partial charge in [0.2, 0.25) is 5.91 Å². The number of rotatable bonds is 4. The molecule has 128 valence electrons. The maximum absolute atomic E-state index is 12.8. The number of carbonyl (C=O) groups excluding carboxylic acids is 1. The first kappa shape index (κ1) is 17.5. The zero-order valence-corrected chi connectivity index (χ0v) is 12.8. The molecule has 0 atom stereocenters. The number of ether oxygens (including phenoxy) is 1. The summed E-state index contributed by atoms with van der Waals surface area (Å²) in [6.45, 7) is 1.24. The lowest BCUT2D eigenvalue weighted by molar-refractivity contribution is -0.137. The first-order valence-corrected chi connectivity index (χ1v) is 6.79. The quantitative estimate of drug-likeness (QED) is 0.925. The molecule has 0 unspecified atom stereocenters. The van der Waals surface area contributed by atoms with E-state index < -0.39 is 23.2 Å². The largest absolute Gasteiger partial charge is 0.495 e. The summed E-state index contributed by atoms with van der Waals surface area (Å²) >= 11 is 0. The van der Waals surface area contributed by atoms with E-state index in [0.29, 0.717) is 5.69 Å². The number of nitrogens with zero attached hydrogens (tertiary/aromatic N) is 2. The van der Waals surface area contributed by atoms with E-state index in [4.69, 9.17) is 4.74 Å². The molecule has 2 rings (SSSR count). The van der Waals surface area contributed by atoms with Crippen molar-refractivity contribution >= 4 is 11.6 Å². The third-order valence-corrected chi connectivity index (χ3v) is 3.13. The van der Waals surface area contributed by atoms with E-state index in [0.717, 1.165) is 22.8 Å². The lowest BCUT2D eigenvalue weighted by Crippen LogP contribution is -2.27. The van der Waals surface area contributed by atoms with E-state index in [1.807, 2.05) is 0 Å². The highest BCUT2D eigenvalue weighted by Gasteiger charge is 2.31. The van der Waals surface area contributed by atoms with Crippen molar-refractivity contribution in [3.05, 3.63) is 52.2 Å². The van der Waals surface area contributed by atoms with E-state index in [-0.39, 0.29) is 18.0 Å². The van der Waals surface area contributed by atoms with Crippen LogP contribution in [-0.4, -0.2) is 22.6 Å². The van der Waals surface area contributed by atoms with Crippen LogP contribution >= 0.6 is 0 Å². The molecule has 1 aromatic heterocycles.